The number of aryl methyl sites for hydroxylation is 2. The third kappa shape index (κ3) is 2.45. The smallest absolute Gasteiger partial charge is 0.341 e. The molecule has 1 aromatic carbocycles. The van der Waals surface area contributed by atoms with Crippen molar-refractivity contribution < 1.29 is 19.0 Å². The van der Waals surface area contributed by atoms with Gasteiger partial charge in [0, 0.05) is 0 Å². The molecule has 0 unspecified atom stereocenters. The van der Waals surface area contributed by atoms with E-state index < -0.39 is 12.6 Å². The van der Waals surface area contributed by atoms with E-state index in [0.29, 0.717) is 16.9 Å². The molecule has 14 heavy (non-hydrogen) atoms. The number of carboxylic acids is 1. The summed E-state index contributed by atoms with van der Waals surface area (Å²) in [5, 5.41) is 8.39. The van der Waals surface area contributed by atoms with Gasteiger partial charge in [0.05, 0.1) is 0 Å². The van der Waals surface area contributed by atoms with Crippen LogP contribution in [0.2, 0.25) is 0 Å². The molecule has 1 rings (SSSR count). The maximum atomic E-state index is 13.0. The lowest BCUT2D eigenvalue weighted by atomic mass is 10.1. The molecule has 0 saturated heterocycles. The predicted octanol–water partition coefficient (Wildman–Crippen LogP) is 1.91. The van der Waals surface area contributed by atoms with Crippen LogP contribution in [0.15, 0.2) is 12.1 Å². The van der Waals surface area contributed by atoms with Crippen molar-refractivity contribution in [1.82, 2.24) is 0 Å². The number of carbonyl (C=O) groups is 1. The Morgan fingerprint density at radius 1 is 1.43 bits per heavy atom. The number of halogens is 1. The third-order valence-electron chi connectivity index (χ3n) is 1.81. The number of hydrogen-bond acceptors (Lipinski definition) is 2. The van der Waals surface area contributed by atoms with E-state index in [1.165, 1.54) is 12.1 Å². The number of rotatable bonds is 3. The molecule has 0 atom stereocenters. The average Bonchev–Trinajstić information content (AvgIpc) is 2.09. The van der Waals surface area contributed by atoms with E-state index in [-0.39, 0.29) is 5.82 Å². The maximum absolute atomic E-state index is 13.0. The number of ether oxygens (including phenoxy) is 1. The highest BCUT2D eigenvalue weighted by molar-refractivity contribution is 5.68. The van der Waals surface area contributed by atoms with Crippen molar-refractivity contribution in [3.63, 3.8) is 0 Å². The van der Waals surface area contributed by atoms with Crippen LogP contribution in [0.5, 0.6) is 5.75 Å². The minimum Gasteiger partial charge on any atom is -0.482 e. The fourth-order valence-electron chi connectivity index (χ4n) is 1.05. The number of benzene rings is 1. The summed E-state index contributed by atoms with van der Waals surface area (Å²) >= 11 is 0. The summed E-state index contributed by atoms with van der Waals surface area (Å²) in [6.07, 6.45) is 0. The van der Waals surface area contributed by atoms with Gasteiger partial charge in [-0.15, -0.1) is 0 Å². The second-order valence-corrected chi connectivity index (χ2v) is 3.05. The molecule has 4 heteroatoms. The van der Waals surface area contributed by atoms with Gasteiger partial charge in [-0.1, -0.05) is 0 Å². The van der Waals surface area contributed by atoms with Crippen LogP contribution in [0.1, 0.15) is 11.1 Å². The van der Waals surface area contributed by atoms with Crippen molar-refractivity contribution in [2.45, 2.75) is 13.8 Å². The van der Waals surface area contributed by atoms with E-state index in [2.05, 4.69) is 0 Å². The van der Waals surface area contributed by atoms with E-state index in [4.69, 9.17) is 9.84 Å². The van der Waals surface area contributed by atoms with E-state index >= 15 is 0 Å². The quantitative estimate of drug-likeness (QED) is 0.806. The van der Waals surface area contributed by atoms with Crippen LogP contribution in [-0.4, -0.2) is 17.7 Å². The Morgan fingerprint density at radius 2 is 2.07 bits per heavy atom. The van der Waals surface area contributed by atoms with Gasteiger partial charge in [-0.25, -0.2) is 9.18 Å². The predicted molar refractivity (Wildman–Crippen MR) is 49.0 cm³/mol. The molecule has 0 fully saturated rings. The number of aliphatic carboxylic acids is 1. The minimum absolute atomic E-state index is 0.315. The highest BCUT2D eigenvalue weighted by Crippen LogP contribution is 2.21. The summed E-state index contributed by atoms with van der Waals surface area (Å²) in [6.45, 7) is 2.86. The van der Waals surface area contributed by atoms with Crippen LogP contribution in [0.25, 0.3) is 0 Å². The van der Waals surface area contributed by atoms with Gasteiger partial charge in [0.15, 0.2) is 6.61 Å². The fraction of sp³-hybridized carbons (Fsp3) is 0.300. The highest BCUT2D eigenvalue weighted by Gasteiger charge is 2.06. The third-order valence-corrected chi connectivity index (χ3v) is 1.81. The first-order chi connectivity index (χ1) is 6.50. The molecule has 0 bridgehead atoms. The lowest BCUT2D eigenvalue weighted by Crippen LogP contribution is -2.10. The topological polar surface area (TPSA) is 46.5 Å². The van der Waals surface area contributed by atoms with E-state index in [1.807, 2.05) is 0 Å². The standard InChI is InChI=1S/C10H11FO3/c1-6-4-9(14-5-10(12)13)7(2)3-8(6)11/h3-4H,5H2,1-2H3,(H,12,13). The van der Waals surface area contributed by atoms with Crippen LogP contribution < -0.4 is 4.74 Å². The van der Waals surface area contributed by atoms with E-state index in [9.17, 15) is 9.18 Å². The largest absolute Gasteiger partial charge is 0.482 e. The summed E-state index contributed by atoms with van der Waals surface area (Å²) in [4.78, 5) is 10.2. The maximum Gasteiger partial charge on any atom is 0.341 e. The molecular weight excluding hydrogens is 187 g/mol. The van der Waals surface area contributed by atoms with Crippen molar-refractivity contribution in [3.05, 3.63) is 29.1 Å². The minimum atomic E-state index is -1.05. The highest BCUT2D eigenvalue weighted by atomic mass is 19.1. The summed E-state index contributed by atoms with van der Waals surface area (Å²) in [7, 11) is 0. The lowest BCUT2D eigenvalue weighted by molar-refractivity contribution is -0.139. The van der Waals surface area contributed by atoms with Gasteiger partial charge in [-0.3, -0.25) is 0 Å². The van der Waals surface area contributed by atoms with Crippen molar-refractivity contribution in [2.24, 2.45) is 0 Å². The Morgan fingerprint density at radius 3 is 2.64 bits per heavy atom. The van der Waals surface area contributed by atoms with Gasteiger partial charge in [0.2, 0.25) is 0 Å². The van der Waals surface area contributed by atoms with Crippen molar-refractivity contribution in [2.75, 3.05) is 6.61 Å². The molecule has 3 nitrogen and oxygen atoms in total. The molecule has 0 heterocycles. The first-order valence-corrected chi connectivity index (χ1v) is 4.12. The second-order valence-electron chi connectivity index (χ2n) is 3.05. The van der Waals surface area contributed by atoms with Crippen LogP contribution in [0.3, 0.4) is 0 Å². The second kappa shape index (κ2) is 4.09. The molecule has 0 amide bonds. The summed E-state index contributed by atoms with van der Waals surface area (Å²) in [6, 6.07) is 2.82. The summed E-state index contributed by atoms with van der Waals surface area (Å²) in [5.74, 6) is -0.956. The fourth-order valence-corrected chi connectivity index (χ4v) is 1.05. The van der Waals surface area contributed by atoms with Crippen LogP contribution in [0, 0.1) is 19.7 Å². The number of carboxylic acid groups (broad SMARTS) is 1. The van der Waals surface area contributed by atoms with E-state index in [1.54, 1.807) is 13.8 Å². The molecule has 0 aromatic heterocycles. The van der Waals surface area contributed by atoms with Gasteiger partial charge >= 0.3 is 5.97 Å². The van der Waals surface area contributed by atoms with Crippen LogP contribution >= 0.6 is 0 Å². The molecule has 1 N–H and O–H groups in total. The molecule has 0 aliphatic carbocycles. The van der Waals surface area contributed by atoms with Gasteiger partial charge in [0.25, 0.3) is 0 Å². The van der Waals surface area contributed by atoms with Gasteiger partial charge < -0.3 is 9.84 Å². The molecule has 0 radical (unpaired) electrons. The van der Waals surface area contributed by atoms with Crippen molar-refractivity contribution in [1.29, 1.82) is 0 Å². The molecule has 0 aliphatic rings. The van der Waals surface area contributed by atoms with Crippen molar-refractivity contribution >= 4 is 5.97 Å². The molecular formula is C10H11FO3. The summed E-state index contributed by atoms with van der Waals surface area (Å²) < 4.78 is 18.0. The monoisotopic (exact) mass is 198 g/mol. The van der Waals surface area contributed by atoms with Crippen LogP contribution in [-0.2, 0) is 4.79 Å². The molecule has 0 saturated carbocycles. The molecule has 0 aliphatic heterocycles. The molecule has 76 valence electrons. The first kappa shape index (κ1) is 10.5. The molecule has 1 aromatic rings. The average molecular weight is 198 g/mol. The molecule has 0 spiro atoms. The SMILES string of the molecule is Cc1cc(OCC(=O)O)c(C)cc1F. The Balaban J connectivity index is 2.87. The zero-order valence-electron chi connectivity index (χ0n) is 8.00. The first-order valence-electron chi connectivity index (χ1n) is 4.12. The summed E-state index contributed by atoms with van der Waals surface area (Å²) in [5.41, 5.74) is 1.03. The Hall–Kier alpha value is -1.58. The van der Waals surface area contributed by atoms with Gasteiger partial charge in [-0.05, 0) is 37.1 Å². The lowest BCUT2D eigenvalue weighted by Gasteiger charge is -2.08. The Labute approximate surface area is 81.1 Å². The van der Waals surface area contributed by atoms with E-state index in [0.717, 1.165) is 0 Å². The zero-order valence-corrected chi connectivity index (χ0v) is 8.00. The normalized spacial score (nSPS) is 9.93. The zero-order chi connectivity index (χ0) is 10.7. The van der Waals surface area contributed by atoms with Crippen LogP contribution in [0.4, 0.5) is 4.39 Å². The number of hydrogen-bond donors (Lipinski definition) is 1. The van der Waals surface area contributed by atoms with Crippen molar-refractivity contribution in [3.8, 4) is 5.75 Å². The Kier molecular flexibility index (Phi) is 3.06. The van der Waals surface area contributed by atoms with Gasteiger partial charge in [0.1, 0.15) is 11.6 Å². The van der Waals surface area contributed by atoms with Gasteiger partial charge in [-0.2, -0.15) is 0 Å². The Bertz CT molecular complexity index is 361.